The maximum absolute atomic E-state index is 12.4. The zero-order chi connectivity index (χ0) is 17.6. The topological polar surface area (TPSA) is 48.0 Å². The Balaban J connectivity index is 1.95. The Morgan fingerprint density at radius 2 is 1.92 bits per heavy atom. The molecule has 24 heavy (non-hydrogen) atoms. The minimum absolute atomic E-state index is 0.00776. The highest BCUT2D eigenvalue weighted by Crippen LogP contribution is 2.22. The van der Waals surface area contributed by atoms with Gasteiger partial charge in [0.15, 0.2) is 0 Å². The lowest BCUT2D eigenvalue weighted by atomic mass is 9.97. The molecule has 2 rings (SSSR count). The van der Waals surface area contributed by atoms with E-state index in [-0.39, 0.29) is 18.1 Å². The zero-order valence-corrected chi connectivity index (χ0v) is 15.2. The average molecular weight is 335 g/mol. The lowest BCUT2D eigenvalue weighted by Crippen LogP contribution is -2.49. The van der Waals surface area contributed by atoms with Gasteiger partial charge in [-0.05, 0) is 32.8 Å². The third-order valence-electron chi connectivity index (χ3n) is 3.88. The summed E-state index contributed by atoms with van der Waals surface area (Å²) in [6.45, 7) is 8.01. The standard InChI is InChI=1S/C19H29NO4/c1-19(2,3)24-18(21)20-11-16(13-22-4)10-17(12-20)23-14-15-8-6-5-7-9-15/h5-9,16-17H,10-14H2,1-4H3. The van der Waals surface area contributed by atoms with Crippen LogP contribution in [0.4, 0.5) is 4.79 Å². The number of hydrogen-bond donors (Lipinski definition) is 0. The number of piperidine rings is 1. The lowest BCUT2D eigenvalue weighted by Gasteiger charge is -2.38. The van der Waals surface area contributed by atoms with Gasteiger partial charge in [0.05, 0.1) is 25.9 Å². The van der Waals surface area contributed by atoms with Crippen molar-refractivity contribution < 1.29 is 19.0 Å². The number of rotatable bonds is 5. The summed E-state index contributed by atoms with van der Waals surface area (Å²) in [5.74, 6) is 0.261. The first-order valence-corrected chi connectivity index (χ1v) is 8.50. The van der Waals surface area contributed by atoms with Crippen LogP contribution in [0, 0.1) is 5.92 Å². The molecule has 0 aliphatic carbocycles. The Bertz CT molecular complexity index is 512. The Morgan fingerprint density at radius 3 is 2.54 bits per heavy atom. The van der Waals surface area contributed by atoms with Crippen molar-refractivity contribution in [1.29, 1.82) is 0 Å². The van der Waals surface area contributed by atoms with E-state index < -0.39 is 5.60 Å². The number of carbonyl (C=O) groups is 1. The highest BCUT2D eigenvalue weighted by Gasteiger charge is 2.33. The fraction of sp³-hybridized carbons (Fsp3) is 0.632. The van der Waals surface area contributed by atoms with Crippen LogP contribution in [0.25, 0.3) is 0 Å². The van der Waals surface area contributed by atoms with Crippen molar-refractivity contribution >= 4 is 6.09 Å². The van der Waals surface area contributed by atoms with Crippen LogP contribution in [0.1, 0.15) is 32.8 Å². The fourth-order valence-electron chi connectivity index (χ4n) is 2.89. The molecule has 0 radical (unpaired) electrons. The summed E-state index contributed by atoms with van der Waals surface area (Å²) in [7, 11) is 1.69. The molecule has 0 spiro atoms. The first-order valence-electron chi connectivity index (χ1n) is 8.50. The van der Waals surface area contributed by atoms with Crippen molar-refractivity contribution in [3.63, 3.8) is 0 Å². The summed E-state index contributed by atoms with van der Waals surface area (Å²) < 4.78 is 16.8. The van der Waals surface area contributed by atoms with Gasteiger partial charge in [-0.2, -0.15) is 0 Å². The molecule has 2 atom stereocenters. The molecular weight excluding hydrogens is 306 g/mol. The van der Waals surface area contributed by atoms with Crippen LogP contribution in [0.5, 0.6) is 0 Å². The minimum Gasteiger partial charge on any atom is -0.444 e. The minimum atomic E-state index is -0.494. The smallest absolute Gasteiger partial charge is 0.410 e. The average Bonchev–Trinajstić information content (AvgIpc) is 2.52. The number of hydrogen-bond acceptors (Lipinski definition) is 4. The summed E-state index contributed by atoms with van der Waals surface area (Å²) in [6, 6.07) is 10.1. The van der Waals surface area contributed by atoms with Crippen LogP contribution in [0.15, 0.2) is 30.3 Å². The van der Waals surface area contributed by atoms with Gasteiger partial charge in [-0.15, -0.1) is 0 Å². The molecule has 0 aromatic heterocycles. The van der Waals surface area contributed by atoms with Crippen LogP contribution in [-0.4, -0.2) is 49.5 Å². The van der Waals surface area contributed by atoms with Crippen LogP contribution in [0.3, 0.4) is 0 Å². The third-order valence-corrected chi connectivity index (χ3v) is 3.88. The van der Waals surface area contributed by atoms with Gasteiger partial charge in [0.2, 0.25) is 0 Å². The van der Waals surface area contributed by atoms with E-state index in [0.717, 1.165) is 12.0 Å². The number of carbonyl (C=O) groups excluding carboxylic acids is 1. The maximum Gasteiger partial charge on any atom is 0.410 e. The Labute approximate surface area is 144 Å². The molecule has 1 aliphatic heterocycles. The summed E-state index contributed by atoms with van der Waals surface area (Å²) in [5, 5.41) is 0. The first kappa shape index (κ1) is 18.7. The monoisotopic (exact) mass is 335 g/mol. The Morgan fingerprint density at radius 1 is 1.21 bits per heavy atom. The third kappa shape index (κ3) is 6.13. The van der Waals surface area contributed by atoms with Crippen LogP contribution in [-0.2, 0) is 20.8 Å². The molecule has 0 N–H and O–H groups in total. The van der Waals surface area contributed by atoms with E-state index >= 15 is 0 Å². The van der Waals surface area contributed by atoms with E-state index in [1.54, 1.807) is 12.0 Å². The molecular formula is C19H29NO4. The van der Waals surface area contributed by atoms with Crippen LogP contribution >= 0.6 is 0 Å². The number of methoxy groups -OCH3 is 1. The second-order valence-corrected chi connectivity index (χ2v) is 7.36. The van der Waals surface area contributed by atoms with E-state index in [1.807, 2.05) is 51.1 Å². The quantitative estimate of drug-likeness (QED) is 0.826. The summed E-state index contributed by atoms with van der Waals surface area (Å²) in [6.07, 6.45) is 0.600. The molecule has 5 heteroatoms. The molecule has 0 saturated carbocycles. The fourth-order valence-corrected chi connectivity index (χ4v) is 2.89. The maximum atomic E-state index is 12.4. The molecule has 1 saturated heterocycles. The van der Waals surface area contributed by atoms with Gasteiger partial charge in [-0.25, -0.2) is 4.79 Å². The SMILES string of the molecule is COCC1CC(OCc2ccccc2)CN(C(=O)OC(C)(C)C)C1. The van der Waals surface area contributed by atoms with E-state index in [4.69, 9.17) is 14.2 Å². The number of nitrogens with zero attached hydrogens (tertiary/aromatic N) is 1. The largest absolute Gasteiger partial charge is 0.444 e. The molecule has 1 aromatic rings. The van der Waals surface area contributed by atoms with Crippen molar-refractivity contribution in [2.45, 2.75) is 45.5 Å². The molecule has 134 valence electrons. The van der Waals surface area contributed by atoms with Crippen molar-refractivity contribution in [1.82, 2.24) is 4.90 Å². The molecule has 1 heterocycles. The normalized spacial score (nSPS) is 21.6. The van der Waals surface area contributed by atoms with Crippen LogP contribution in [0.2, 0.25) is 0 Å². The van der Waals surface area contributed by atoms with Crippen molar-refractivity contribution in [3.8, 4) is 0 Å². The van der Waals surface area contributed by atoms with Gasteiger partial charge in [-0.3, -0.25) is 0 Å². The van der Waals surface area contributed by atoms with E-state index in [1.165, 1.54) is 0 Å². The second kappa shape index (κ2) is 8.49. The highest BCUT2D eigenvalue weighted by atomic mass is 16.6. The molecule has 1 aromatic carbocycles. The highest BCUT2D eigenvalue weighted by molar-refractivity contribution is 5.68. The molecule has 2 unspecified atom stereocenters. The summed E-state index contributed by atoms with van der Waals surface area (Å²) in [5.41, 5.74) is 0.640. The van der Waals surface area contributed by atoms with Gasteiger partial charge in [-0.1, -0.05) is 30.3 Å². The zero-order valence-electron chi connectivity index (χ0n) is 15.2. The predicted molar refractivity (Wildman–Crippen MR) is 92.8 cm³/mol. The molecule has 5 nitrogen and oxygen atoms in total. The van der Waals surface area contributed by atoms with Crippen molar-refractivity contribution in [2.75, 3.05) is 26.8 Å². The van der Waals surface area contributed by atoms with Gasteiger partial charge in [0, 0.05) is 19.6 Å². The summed E-state index contributed by atoms with van der Waals surface area (Å²) in [4.78, 5) is 14.1. The number of amides is 1. The van der Waals surface area contributed by atoms with E-state index in [0.29, 0.717) is 26.3 Å². The molecule has 1 aliphatic rings. The first-order chi connectivity index (χ1) is 11.4. The molecule has 1 amide bonds. The Hall–Kier alpha value is -1.59. The lowest BCUT2D eigenvalue weighted by molar-refractivity contribution is -0.0493. The van der Waals surface area contributed by atoms with Gasteiger partial charge in [0.1, 0.15) is 5.60 Å². The summed E-state index contributed by atoms with van der Waals surface area (Å²) >= 11 is 0. The van der Waals surface area contributed by atoms with Gasteiger partial charge in [0.25, 0.3) is 0 Å². The number of benzene rings is 1. The van der Waals surface area contributed by atoms with Crippen LogP contribution < -0.4 is 0 Å². The Kier molecular flexibility index (Phi) is 6.63. The van der Waals surface area contributed by atoms with Crippen molar-refractivity contribution in [3.05, 3.63) is 35.9 Å². The van der Waals surface area contributed by atoms with Gasteiger partial charge < -0.3 is 19.1 Å². The van der Waals surface area contributed by atoms with E-state index in [2.05, 4.69) is 0 Å². The van der Waals surface area contributed by atoms with Gasteiger partial charge >= 0.3 is 6.09 Å². The van der Waals surface area contributed by atoms with E-state index in [9.17, 15) is 4.79 Å². The molecule has 1 fully saturated rings. The predicted octanol–water partition coefficient (Wildman–Crippen LogP) is 3.48. The number of ether oxygens (including phenoxy) is 3. The number of likely N-dealkylation sites (tertiary alicyclic amines) is 1. The van der Waals surface area contributed by atoms with Crippen molar-refractivity contribution in [2.24, 2.45) is 5.92 Å². The second-order valence-electron chi connectivity index (χ2n) is 7.36. The molecule has 0 bridgehead atoms.